The van der Waals surface area contributed by atoms with Gasteiger partial charge in [0.05, 0.1) is 18.8 Å². The van der Waals surface area contributed by atoms with E-state index in [1.54, 1.807) is 6.07 Å². The number of ether oxygens (including phenoxy) is 2. The van der Waals surface area contributed by atoms with E-state index < -0.39 is 12.8 Å². The minimum absolute atomic E-state index is 0. The summed E-state index contributed by atoms with van der Waals surface area (Å²) in [6.45, 7) is -0.433. The lowest BCUT2D eigenvalue weighted by Crippen LogP contribution is -2.30. The first-order chi connectivity index (χ1) is 9.92. The second kappa shape index (κ2) is 10.3. The van der Waals surface area contributed by atoms with Gasteiger partial charge >= 0.3 is 6.18 Å². The van der Waals surface area contributed by atoms with Crippen molar-refractivity contribution in [2.75, 3.05) is 38.7 Å². The quantitative estimate of drug-likeness (QED) is 0.711. The number of hydrogen-bond acceptors (Lipinski definition) is 4. The number of carbonyl (C=O) groups is 1. The summed E-state index contributed by atoms with van der Waals surface area (Å²) in [5, 5.41) is 5.31. The largest absolute Gasteiger partial charge is 0.482 e. The summed E-state index contributed by atoms with van der Waals surface area (Å²) in [5.41, 5.74) is 0.195. The van der Waals surface area contributed by atoms with Crippen molar-refractivity contribution in [1.29, 1.82) is 0 Å². The highest BCUT2D eigenvalue weighted by Crippen LogP contribution is 2.26. The molecule has 0 radical (unpaired) electrons. The second-order valence-electron chi connectivity index (χ2n) is 4.12. The predicted octanol–water partition coefficient (Wildman–Crippen LogP) is 2.22. The zero-order valence-electron chi connectivity index (χ0n) is 11.9. The molecule has 1 rings (SSSR count). The van der Waals surface area contributed by atoms with E-state index in [9.17, 15) is 18.0 Å². The number of methoxy groups -OCH3 is 1. The molecule has 0 saturated carbocycles. The van der Waals surface area contributed by atoms with Crippen LogP contribution < -0.4 is 15.4 Å². The molecule has 0 heterocycles. The number of para-hydroxylation sites is 2. The van der Waals surface area contributed by atoms with Gasteiger partial charge in [0.2, 0.25) is 5.91 Å². The zero-order valence-corrected chi connectivity index (χ0v) is 12.7. The Morgan fingerprint density at radius 3 is 2.59 bits per heavy atom. The number of amides is 1. The van der Waals surface area contributed by atoms with Crippen LogP contribution in [0.1, 0.15) is 0 Å². The van der Waals surface area contributed by atoms with E-state index in [0.29, 0.717) is 13.2 Å². The standard InChI is InChI=1S/C13H17F3N2O3.ClH/c1-20-7-6-17-8-12(19)18-10-4-2-3-5-11(10)21-9-13(14,15)16;/h2-5,17H,6-9H2,1H3,(H,18,19);1H. The molecular formula is C13H18ClF3N2O3. The van der Waals surface area contributed by atoms with E-state index in [2.05, 4.69) is 15.4 Å². The molecule has 0 aliphatic heterocycles. The molecule has 0 aromatic heterocycles. The van der Waals surface area contributed by atoms with Crippen LogP contribution in [0.4, 0.5) is 18.9 Å². The molecule has 0 saturated heterocycles. The van der Waals surface area contributed by atoms with E-state index in [4.69, 9.17) is 4.74 Å². The third kappa shape index (κ3) is 8.71. The van der Waals surface area contributed by atoms with Crippen molar-refractivity contribution in [3.05, 3.63) is 24.3 Å². The molecule has 0 aliphatic carbocycles. The van der Waals surface area contributed by atoms with Crippen LogP contribution in [0.2, 0.25) is 0 Å². The highest BCUT2D eigenvalue weighted by molar-refractivity contribution is 5.93. The average Bonchev–Trinajstić information content (AvgIpc) is 2.42. The Labute approximate surface area is 132 Å². The lowest BCUT2D eigenvalue weighted by atomic mass is 10.3. The minimum atomic E-state index is -4.43. The van der Waals surface area contributed by atoms with Crippen molar-refractivity contribution in [2.45, 2.75) is 6.18 Å². The van der Waals surface area contributed by atoms with Crippen molar-refractivity contribution in [3.8, 4) is 5.75 Å². The van der Waals surface area contributed by atoms with Crippen LogP contribution in [-0.4, -0.2) is 45.5 Å². The fraction of sp³-hybridized carbons (Fsp3) is 0.462. The van der Waals surface area contributed by atoms with Crippen molar-refractivity contribution in [1.82, 2.24) is 5.32 Å². The Hall–Kier alpha value is -1.51. The van der Waals surface area contributed by atoms with Gasteiger partial charge < -0.3 is 20.1 Å². The van der Waals surface area contributed by atoms with Crippen LogP contribution in [0.5, 0.6) is 5.75 Å². The van der Waals surface area contributed by atoms with Crippen LogP contribution in [0, 0.1) is 0 Å². The van der Waals surface area contributed by atoms with E-state index in [-0.39, 0.29) is 36.3 Å². The molecule has 5 nitrogen and oxygen atoms in total. The zero-order chi connectivity index (χ0) is 15.7. The molecule has 0 aliphatic rings. The van der Waals surface area contributed by atoms with Crippen molar-refractivity contribution in [2.24, 2.45) is 0 Å². The highest BCUT2D eigenvalue weighted by atomic mass is 35.5. The average molecular weight is 343 g/mol. The first kappa shape index (κ1) is 20.5. The molecule has 9 heteroatoms. The molecule has 1 aromatic rings. The van der Waals surface area contributed by atoms with Gasteiger partial charge in [-0.2, -0.15) is 13.2 Å². The molecule has 0 spiro atoms. The Bertz CT molecular complexity index is 458. The molecule has 1 aromatic carbocycles. The fourth-order valence-electron chi connectivity index (χ4n) is 1.43. The van der Waals surface area contributed by atoms with Crippen molar-refractivity contribution < 1.29 is 27.4 Å². The van der Waals surface area contributed by atoms with Crippen LogP contribution >= 0.6 is 12.4 Å². The van der Waals surface area contributed by atoms with Gasteiger partial charge in [-0.15, -0.1) is 12.4 Å². The number of alkyl halides is 3. The maximum Gasteiger partial charge on any atom is 0.422 e. The summed E-state index contributed by atoms with van der Waals surface area (Å²) < 4.78 is 45.9. The molecule has 22 heavy (non-hydrogen) atoms. The van der Waals surface area contributed by atoms with Gasteiger partial charge in [-0.05, 0) is 12.1 Å². The van der Waals surface area contributed by atoms with Crippen LogP contribution in [0.25, 0.3) is 0 Å². The number of nitrogens with one attached hydrogen (secondary N) is 2. The molecule has 0 unspecified atom stereocenters. The van der Waals surface area contributed by atoms with Gasteiger partial charge in [0, 0.05) is 13.7 Å². The van der Waals surface area contributed by atoms with Gasteiger partial charge in [0.1, 0.15) is 5.75 Å². The second-order valence-corrected chi connectivity index (χ2v) is 4.12. The normalized spacial score (nSPS) is 10.7. The maximum atomic E-state index is 12.1. The Balaban J connectivity index is 0.00000441. The number of rotatable bonds is 8. The third-order valence-electron chi connectivity index (χ3n) is 2.32. The number of carbonyl (C=O) groups excluding carboxylic acids is 1. The Morgan fingerprint density at radius 1 is 1.27 bits per heavy atom. The number of hydrogen-bond donors (Lipinski definition) is 2. The molecule has 0 fully saturated rings. The third-order valence-corrected chi connectivity index (χ3v) is 2.32. The summed E-state index contributed by atoms with van der Waals surface area (Å²) in [5.74, 6) is -0.408. The maximum absolute atomic E-state index is 12.1. The fourth-order valence-corrected chi connectivity index (χ4v) is 1.43. The molecule has 0 bridgehead atoms. The van der Waals surface area contributed by atoms with Crippen molar-refractivity contribution in [3.63, 3.8) is 0 Å². The SMILES string of the molecule is COCCNCC(=O)Nc1ccccc1OCC(F)(F)F.Cl. The van der Waals surface area contributed by atoms with Gasteiger partial charge in [-0.25, -0.2) is 0 Å². The lowest BCUT2D eigenvalue weighted by Gasteiger charge is -2.14. The van der Waals surface area contributed by atoms with Crippen molar-refractivity contribution >= 4 is 24.0 Å². The van der Waals surface area contributed by atoms with Gasteiger partial charge in [0.25, 0.3) is 0 Å². The number of anilines is 1. The van der Waals surface area contributed by atoms with Crippen LogP contribution in [0.3, 0.4) is 0 Å². The lowest BCUT2D eigenvalue weighted by molar-refractivity contribution is -0.153. The van der Waals surface area contributed by atoms with Crippen LogP contribution in [-0.2, 0) is 9.53 Å². The number of halogens is 4. The summed E-state index contributed by atoms with van der Waals surface area (Å²) in [6.07, 6.45) is -4.43. The van der Waals surface area contributed by atoms with E-state index >= 15 is 0 Å². The topological polar surface area (TPSA) is 59.6 Å². The van der Waals surface area contributed by atoms with E-state index in [1.165, 1.54) is 25.3 Å². The van der Waals surface area contributed by atoms with Gasteiger partial charge in [-0.3, -0.25) is 4.79 Å². The molecule has 0 atom stereocenters. The highest BCUT2D eigenvalue weighted by Gasteiger charge is 2.28. The molecule has 2 N–H and O–H groups in total. The number of benzene rings is 1. The first-order valence-electron chi connectivity index (χ1n) is 6.20. The summed E-state index contributed by atoms with van der Waals surface area (Å²) in [4.78, 5) is 11.6. The first-order valence-corrected chi connectivity index (χ1v) is 6.20. The van der Waals surface area contributed by atoms with E-state index in [0.717, 1.165) is 0 Å². The molecule has 1 amide bonds. The van der Waals surface area contributed by atoms with Gasteiger partial charge in [-0.1, -0.05) is 12.1 Å². The molecular weight excluding hydrogens is 325 g/mol. The summed E-state index contributed by atoms with van der Waals surface area (Å²) in [7, 11) is 1.54. The summed E-state index contributed by atoms with van der Waals surface area (Å²) >= 11 is 0. The smallest absolute Gasteiger partial charge is 0.422 e. The van der Waals surface area contributed by atoms with Crippen LogP contribution in [0.15, 0.2) is 24.3 Å². The summed E-state index contributed by atoms with van der Waals surface area (Å²) in [6, 6.07) is 5.95. The Morgan fingerprint density at radius 2 is 1.95 bits per heavy atom. The predicted molar refractivity (Wildman–Crippen MR) is 78.6 cm³/mol. The minimum Gasteiger partial charge on any atom is -0.482 e. The monoisotopic (exact) mass is 342 g/mol. The molecule has 126 valence electrons. The van der Waals surface area contributed by atoms with E-state index in [1.807, 2.05) is 0 Å². The van der Waals surface area contributed by atoms with Gasteiger partial charge in [0.15, 0.2) is 6.61 Å². The Kier molecular flexibility index (Phi) is 9.55.